The summed E-state index contributed by atoms with van der Waals surface area (Å²) in [6.45, 7) is 0. The fourth-order valence-electron chi connectivity index (χ4n) is 1.97. The number of benzene rings is 1. The second-order valence-electron chi connectivity index (χ2n) is 4.45. The van der Waals surface area contributed by atoms with E-state index in [0.29, 0.717) is 5.75 Å². The van der Waals surface area contributed by atoms with Crippen molar-refractivity contribution in [3.05, 3.63) is 36.7 Å². The van der Waals surface area contributed by atoms with E-state index in [9.17, 15) is 18.0 Å². The number of rotatable bonds is 5. The van der Waals surface area contributed by atoms with Crippen LogP contribution in [0.2, 0.25) is 0 Å². The van der Waals surface area contributed by atoms with E-state index < -0.39 is 34.4 Å². The lowest BCUT2D eigenvalue weighted by Crippen LogP contribution is -2.49. The molecule has 0 aromatic heterocycles. The van der Waals surface area contributed by atoms with Gasteiger partial charge >= 0.3 is 5.97 Å². The van der Waals surface area contributed by atoms with Crippen LogP contribution >= 0.6 is 0 Å². The van der Waals surface area contributed by atoms with Gasteiger partial charge in [-0.15, -0.1) is 0 Å². The third-order valence-corrected chi connectivity index (χ3v) is 4.86. The number of amides is 1. The molecule has 1 unspecified atom stereocenters. The molecule has 0 bridgehead atoms. The topological polar surface area (TPSA) is 113 Å². The van der Waals surface area contributed by atoms with Crippen LogP contribution in [0.1, 0.15) is 6.42 Å². The second-order valence-corrected chi connectivity index (χ2v) is 6.29. The van der Waals surface area contributed by atoms with Crippen LogP contribution in [0.5, 0.6) is 5.75 Å². The minimum absolute atomic E-state index is 0.0666. The number of aliphatic carboxylic acids is 1. The molecule has 0 saturated carbocycles. The number of hydrogen-bond donors (Lipinski definition) is 2. The number of nitrogens with zero attached hydrogens (tertiary/aromatic N) is 1. The Morgan fingerprint density at radius 2 is 2.00 bits per heavy atom. The number of carbonyl (C=O) groups is 2. The Kier molecular flexibility index (Phi) is 4.36. The maximum Gasteiger partial charge on any atom is 0.306 e. The van der Waals surface area contributed by atoms with E-state index in [1.54, 1.807) is 0 Å². The Hall–Kier alpha value is -2.55. The number of carbonyl (C=O) groups excluding carboxylic acids is 1. The van der Waals surface area contributed by atoms with Crippen LogP contribution in [0.25, 0.3) is 0 Å². The van der Waals surface area contributed by atoms with Gasteiger partial charge < -0.3 is 15.2 Å². The molecule has 0 fully saturated rings. The van der Waals surface area contributed by atoms with Gasteiger partial charge in [0.2, 0.25) is 5.91 Å². The van der Waals surface area contributed by atoms with Crippen molar-refractivity contribution in [3.63, 3.8) is 0 Å². The van der Waals surface area contributed by atoms with Gasteiger partial charge in [0.15, 0.2) is 0 Å². The number of carboxylic acid groups (broad SMARTS) is 1. The van der Waals surface area contributed by atoms with Gasteiger partial charge in [-0.05, 0) is 24.3 Å². The molecule has 1 atom stereocenters. The fraction of sp³-hybridized carbons (Fsp3) is 0.231. The van der Waals surface area contributed by atoms with E-state index in [1.807, 2.05) is 0 Å². The van der Waals surface area contributed by atoms with Crippen molar-refractivity contribution in [2.45, 2.75) is 17.4 Å². The number of sulfonamides is 1. The smallest absolute Gasteiger partial charge is 0.306 e. The van der Waals surface area contributed by atoms with Crippen LogP contribution < -0.4 is 10.1 Å². The van der Waals surface area contributed by atoms with Gasteiger partial charge in [0, 0.05) is 12.4 Å². The molecule has 1 aromatic rings. The Bertz CT molecular complexity index is 711. The zero-order valence-electron chi connectivity index (χ0n) is 11.6. The standard InChI is InChI=1S/C13H14N2O6S/c1-21-9-2-4-10(5-3-9)22(19,20)15-7-6-14-13(18)11(15)8-12(16)17/h2-7,11H,8H2,1H3,(H,14,18)(H,16,17). The minimum Gasteiger partial charge on any atom is -0.497 e. The van der Waals surface area contributed by atoms with Crippen molar-refractivity contribution >= 4 is 21.9 Å². The molecule has 0 saturated heterocycles. The molecule has 22 heavy (non-hydrogen) atoms. The van der Waals surface area contributed by atoms with Crippen molar-refractivity contribution in [2.24, 2.45) is 0 Å². The SMILES string of the molecule is COc1ccc(S(=O)(=O)N2C=CNC(=O)C2CC(=O)O)cc1. The number of carboxylic acids is 1. The molecule has 8 nitrogen and oxygen atoms in total. The number of hydrogen-bond acceptors (Lipinski definition) is 5. The van der Waals surface area contributed by atoms with Crippen molar-refractivity contribution < 1.29 is 27.9 Å². The van der Waals surface area contributed by atoms with Gasteiger partial charge in [-0.1, -0.05) is 0 Å². The van der Waals surface area contributed by atoms with Crippen molar-refractivity contribution in [1.29, 1.82) is 0 Å². The molecule has 2 N–H and O–H groups in total. The quantitative estimate of drug-likeness (QED) is 0.795. The van der Waals surface area contributed by atoms with Crippen molar-refractivity contribution in [3.8, 4) is 5.75 Å². The van der Waals surface area contributed by atoms with E-state index in [1.165, 1.54) is 31.4 Å². The highest BCUT2D eigenvalue weighted by Gasteiger charge is 2.36. The van der Waals surface area contributed by atoms with Gasteiger partial charge in [-0.2, -0.15) is 0 Å². The second kappa shape index (κ2) is 6.06. The maximum atomic E-state index is 12.6. The highest BCUT2D eigenvalue weighted by Crippen LogP contribution is 2.24. The molecular weight excluding hydrogens is 312 g/mol. The van der Waals surface area contributed by atoms with Crippen LogP contribution in [0, 0.1) is 0 Å². The summed E-state index contributed by atoms with van der Waals surface area (Å²) in [5.41, 5.74) is 0. The van der Waals surface area contributed by atoms with Gasteiger partial charge in [-0.3, -0.25) is 13.9 Å². The zero-order valence-corrected chi connectivity index (χ0v) is 12.4. The average Bonchev–Trinajstić information content (AvgIpc) is 2.49. The first-order valence-electron chi connectivity index (χ1n) is 6.22. The van der Waals surface area contributed by atoms with Crippen LogP contribution in [-0.4, -0.2) is 42.9 Å². The minimum atomic E-state index is -4.05. The summed E-state index contributed by atoms with van der Waals surface area (Å²) in [6, 6.07) is 4.24. The van der Waals surface area contributed by atoms with Crippen LogP contribution in [0.15, 0.2) is 41.6 Å². The predicted octanol–water partition coefficient (Wildman–Crippen LogP) is 0.130. The molecule has 2 rings (SSSR count). The van der Waals surface area contributed by atoms with Gasteiger partial charge in [-0.25, -0.2) is 8.42 Å². The molecule has 9 heteroatoms. The van der Waals surface area contributed by atoms with Gasteiger partial charge in [0.1, 0.15) is 11.8 Å². The normalized spacial score (nSPS) is 18.0. The highest BCUT2D eigenvalue weighted by atomic mass is 32.2. The van der Waals surface area contributed by atoms with Crippen LogP contribution in [0.4, 0.5) is 0 Å². The first kappa shape index (κ1) is 15.8. The number of methoxy groups -OCH3 is 1. The summed E-state index contributed by atoms with van der Waals surface area (Å²) in [5.74, 6) is -1.49. The molecule has 1 aliphatic heterocycles. The van der Waals surface area contributed by atoms with E-state index >= 15 is 0 Å². The largest absolute Gasteiger partial charge is 0.497 e. The Morgan fingerprint density at radius 1 is 1.36 bits per heavy atom. The van der Waals surface area contributed by atoms with Crippen LogP contribution in [0.3, 0.4) is 0 Å². The summed E-state index contributed by atoms with van der Waals surface area (Å²) < 4.78 is 30.9. The third kappa shape index (κ3) is 3.03. The fourth-order valence-corrected chi connectivity index (χ4v) is 3.42. The van der Waals surface area contributed by atoms with Crippen molar-refractivity contribution in [1.82, 2.24) is 9.62 Å². The molecule has 1 heterocycles. The first-order valence-corrected chi connectivity index (χ1v) is 7.66. The molecule has 0 spiro atoms. The molecular formula is C13H14N2O6S. The molecule has 1 aliphatic rings. The Balaban J connectivity index is 2.40. The van der Waals surface area contributed by atoms with E-state index in [-0.39, 0.29) is 4.90 Å². The zero-order chi connectivity index (χ0) is 16.3. The maximum absolute atomic E-state index is 12.6. The average molecular weight is 326 g/mol. The lowest BCUT2D eigenvalue weighted by molar-refractivity contribution is -0.140. The highest BCUT2D eigenvalue weighted by molar-refractivity contribution is 7.89. The molecule has 0 aliphatic carbocycles. The van der Waals surface area contributed by atoms with E-state index in [4.69, 9.17) is 9.84 Å². The first-order chi connectivity index (χ1) is 10.4. The summed E-state index contributed by atoms with van der Waals surface area (Å²) >= 11 is 0. The molecule has 1 amide bonds. The number of nitrogens with one attached hydrogen (secondary N) is 1. The summed E-state index contributed by atoms with van der Waals surface area (Å²) in [6.07, 6.45) is 1.65. The Morgan fingerprint density at radius 3 is 2.55 bits per heavy atom. The molecule has 1 aromatic carbocycles. The van der Waals surface area contributed by atoms with Gasteiger partial charge in [0.25, 0.3) is 10.0 Å². The summed E-state index contributed by atoms with van der Waals surface area (Å²) in [7, 11) is -2.60. The van der Waals surface area contributed by atoms with Gasteiger partial charge in [0.05, 0.1) is 18.4 Å². The lowest BCUT2D eigenvalue weighted by Gasteiger charge is -2.30. The van der Waals surface area contributed by atoms with E-state index in [2.05, 4.69) is 5.32 Å². The van der Waals surface area contributed by atoms with E-state index in [0.717, 1.165) is 16.7 Å². The summed E-state index contributed by atoms with van der Waals surface area (Å²) in [5, 5.41) is 11.2. The monoisotopic (exact) mass is 326 g/mol. The van der Waals surface area contributed by atoms with Crippen LogP contribution in [-0.2, 0) is 19.6 Å². The molecule has 118 valence electrons. The van der Waals surface area contributed by atoms with Crippen molar-refractivity contribution in [2.75, 3.05) is 7.11 Å². The summed E-state index contributed by atoms with van der Waals surface area (Å²) in [4.78, 5) is 22.6. The molecule has 0 radical (unpaired) electrons. The Labute approximate surface area is 127 Å². The lowest BCUT2D eigenvalue weighted by atomic mass is 10.2. The predicted molar refractivity (Wildman–Crippen MR) is 75.3 cm³/mol. The number of ether oxygens (including phenoxy) is 1. The third-order valence-electron chi connectivity index (χ3n) is 3.06.